The van der Waals surface area contributed by atoms with Crippen molar-refractivity contribution in [2.45, 2.75) is 44.4 Å². The number of aliphatic hydroxyl groups excluding tert-OH is 1. The summed E-state index contributed by atoms with van der Waals surface area (Å²) in [7, 11) is 0. The fourth-order valence-corrected chi connectivity index (χ4v) is 4.15. The first-order valence-electron chi connectivity index (χ1n) is 6.81. The molecule has 1 aliphatic rings. The van der Waals surface area contributed by atoms with Crippen LogP contribution in [0.3, 0.4) is 0 Å². The van der Waals surface area contributed by atoms with E-state index < -0.39 is 0 Å². The Labute approximate surface area is 122 Å². The molecule has 1 fully saturated rings. The number of nitrogens with one attached hydrogen (secondary N) is 1. The van der Waals surface area contributed by atoms with Crippen molar-refractivity contribution in [2.75, 3.05) is 0 Å². The maximum atomic E-state index is 9.50. The molecule has 102 valence electrons. The fraction of sp³-hybridized carbons (Fsp3) is 0.467. The molecule has 0 amide bonds. The zero-order chi connectivity index (χ0) is 13.2. The van der Waals surface area contributed by atoms with Crippen molar-refractivity contribution >= 4 is 33.0 Å². The first-order chi connectivity index (χ1) is 9.24. The van der Waals surface area contributed by atoms with Gasteiger partial charge in [-0.25, -0.2) is 0 Å². The molecule has 2 nitrogen and oxygen atoms in total. The molecule has 2 aromatic rings. The molecule has 2 N–H and O–H groups in total. The molecule has 0 atom stereocenters. The topological polar surface area (TPSA) is 32.3 Å². The van der Waals surface area contributed by atoms with E-state index >= 15 is 0 Å². The molecule has 0 radical (unpaired) electrons. The predicted molar refractivity (Wildman–Crippen MR) is 81.9 cm³/mol. The summed E-state index contributed by atoms with van der Waals surface area (Å²) in [5.74, 6) is 0. The Morgan fingerprint density at radius 1 is 1.21 bits per heavy atom. The normalized spacial score (nSPS) is 23.9. The lowest BCUT2D eigenvalue weighted by atomic mass is 9.93. The van der Waals surface area contributed by atoms with Gasteiger partial charge < -0.3 is 10.4 Å². The molecule has 0 unspecified atom stereocenters. The largest absolute Gasteiger partial charge is 0.393 e. The Balaban J connectivity index is 1.67. The van der Waals surface area contributed by atoms with Crippen molar-refractivity contribution in [3.63, 3.8) is 0 Å². The summed E-state index contributed by atoms with van der Waals surface area (Å²) >= 11 is 8.20. The summed E-state index contributed by atoms with van der Waals surface area (Å²) in [5, 5.41) is 15.1. The standard InChI is InChI=1S/C15H18ClNOS/c16-15-12-3-1-2-4-13(12)19-14(15)9-17-10-5-7-11(18)8-6-10/h1-4,10-11,17-18H,5-9H2. The second-order valence-electron chi connectivity index (χ2n) is 5.22. The van der Waals surface area contributed by atoms with Crippen LogP contribution in [0, 0.1) is 0 Å². The van der Waals surface area contributed by atoms with Crippen LogP contribution in [0.5, 0.6) is 0 Å². The predicted octanol–water partition coefficient (Wildman–Crippen LogP) is 3.95. The number of halogens is 1. The van der Waals surface area contributed by atoms with Gasteiger partial charge in [0.25, 0.3) is 0 Å². The lowest BCUT2D eigenvalue weighted by Crippen LogP contribution is -2.33. The second-order valence-corrected chi connectivity index (χ2v) is 6.74. The van der Waals surface area contributed by atoms with Gasteiger partial charge in [-0.1, -0.05) is 29.8 Å². The van der Waals surface area contributed by atoms with Crippen molar-refractivity contribution in [3.8, 4) is 0 Å². The smallest absolute Gasteiger partial charge is 0.0636 e. The van der Waals surface area contributed by atoms with Crippen LogP contribution < -0.4 is 5.32 Å². The van der Waals surface area contributed by atoms with E-state index in [1.54, 1.807) is 11.3 Å². The van der Waals surface area contributed by atoms with E-state index in [1.807, 2.05) is 6.07 Å². The maximum absolute atomic E-state index is 9.50. The first kappa shape index (κ1) is 13.4. The SMILES string of the molecule is OC1CCC(NCc2sc3ccccc3c2Cl)CC1. The van der Waals surface area contributed by atoms with Gasteiger partial charge in [0.1, 0.15) is 0 Å². The van der Waals surface area contributed by atoms with Gasteiger partial charge in [0.05, 0.1) is 11.1 Å². The van der Waals surface area contributed by atoms with Crippen molar-refractivity contribution in [3.05, 3.63) is 34.2 Å². The summed E-state index contributed by atoms with van der Waals surface area (Å²) in [6.07, 6.45) is 3.86. The highest BCUT2D eigenvalue weighted by molar-refractivity contribution is 7.19. The number of hydrogen-bond acceptors (Lipinski definition) is 3. The van der Waals surface area contributed by atoms with Crippen molar-refractivity contribution in [1.29, 1.82) is 0 Å². The molecule has 1 heterocycles. The molecular weight excluding hydrogens is 278 g/mol. The zero-order valence-electron chi connectivity index (χ0n) is 10.7. The summed E-state index contributed by atoms with van der Waals surface area (Å²) < 4.78 is 1.25. The number of aliphatic hydroxyl groups is 1. The van der Waals surface area contributed by atoms with Crippen LogP contribution in [-0.4, -0.2) is 17.3 Å². The highest BCUT2D eigenvalue weighted by Crippen LogP contribution is 2.35. The quantitative estimate of drug-likeness (QED) is 0.899. The number of fused-ring (bicyclic) bond motifs is 1. The third-order valence-electron chi connectivity index (χ3n) is 3.85. The van der Waals surface area contributed by atoms with E-state index in [2.05, 4.69) is 23.5 Å². The Kier molecular flexibility index (Phi) is 4.08. The Morgan fingerprint density at radius 2 is 1.95 bits per heavy atom. The van der Waals surface area contributed by atoms with Crippen LogP contribution in [0.4, 0.5) is 0 Å². The molecule has 1 saturated carbocycles. The summed E-state index contributed by atoms with van der Waals surface area (Å²) in [5.41, 5.74) is 0. The average molecular weight is 296 g/mol. The Bertz CT molecular complexity index is 560. The van der Waals surface area contributed by atoms with Crippen LogP contribution in [0.25, 0.3) is 10.1 Å². The van der Waals surface area contributed by atoms with Gasteiger partial charge in [0.15, 0.2) is 0 Å². The van der Waals surface area contributed by atoms with Gasteiger partial charge in [-0.3, -0.25) is 0 Å². The third-order valence-corrected chi connectivity index (χ3v) is 5.56. The Morgan fingerprint density at radius 3 is 2.68 bits per heavy atom. The summed E-state index contributed by atoms with van der Waals surface area (Å²) in [6.45, 7) is 0.832. The Hall–Kier alpha value is -0.610. The van der Waals surface area contributed by atoms with Gasteiger partial charge >= 0.3 is 0 Å². The zero-order valence-corrected chi connectivity index (χ0v) is 12.3. The van der Waals surface area contributed by atoms with E-state index in [1.165, 1.54) is 9.58 Å². The summed E-state index contributed by atoms with van der Waals surface area (Å²) in [6, 6.07) is 8.79. The van der Waals surface area contributed by atoms with E-state index in [4.69, 9.17) is 11.6 Å². The molecule has 19 heavy (non-hydrogen) atoms. The molecule has 1 aromatic heterocycles. The van der Waals surface area contributed by atoms with Crippen LogP contribution >= 0.6 is 22.9 Å². The summed E-state index contributed by atoms with van der Waals surface area (Å²) in [4.78, 5) is 1.22. The van der Waals surface area contributed by atoms with Crippen LogP contribution in [0.2, 0.25) is 5.02 Å². The van der Waals surface area contributed by atoms with Crippen LogP contribution in [-0.2, 0) is 6.54 Å². The number of benzene rings is 1. The molecule has 3 rings (SSSR count). The molecule has 0 bridgehead atoms. The molecule has 0 aliphatic heterocycles. The molecule has 1 aromatic carbocycles. The van der Waals surface area contributed by atoms with E-state index in [0.29, 0.717) is 6.04 Å². The molecule has 4 heteroatoms. The van der Waals surface area contributed by atoms with E-state index in [-0.39, 0.29) is 6.10 Å². The van der Waals surface area contributed by atoms with Crippen molar-refractivity contribution in [2.24, 2.45) is 0 Å². The van der Waals surface area contributed by atoms with Gasteiger partial charge in [-0.15, -0.1) is 11.3 Å². The first-order valence-corrected chi connectivity index (χ1v) is 8.01. The fourth-order valence-electron chi connectivity index (χ4n) is 2.70. The second kappa shape index (κ2) is 5.80. The number of hydrogen-bond donors (Lipinski definition) is 2. The molecule has 1 aliphatic carbocycles. The highest BCUT2D eigenvalue weighted by Gasteiger charge is 2.19. The van der Waals surface area contributed by atoms with Gasteiger partial charge in [0, 0.05) is 27.5 Å². The lowest BCUT2D eigenvalue weighted by Gasteiger charge is -2.26. The van der Waals surface area contributed by atoms with Crippen LogP contribution in [0.1, 0.15) is 30.6 Å². The maximum Gasteiger partial charge on any atom is 0.0636 e. The molecule has 0 spiro atoms. The van der Waals surface area contributed by atoms with Crippen LogP contribution in [0.15, 0.2) is 24.3 Å². The number of rotatable bonds is 3. The monoisotopic (exact) mass is 295 g/mol. The van der Waals surface area contributed by atoms with E-state index in [0.717, 1.165) is 42.6 Å². The van der Waals surface area contributed by atoms with Gasteiger partial charge in [-0.05, 0) is 31.7 Å². The van der Waals surface area contributed by atoms with Gasteiger partial charge in [0.2, 0.25) is 0 Å². The lowest BCUT2D eigenvalue weighted by molar-refractivity contribution is 0.116. The molecule has 0 saturated heterocycles. The van der Waals surface area contributed by atoms with E-state index in [9.17, 15) is 5.11 Å². The average Bonchev–Trinajstić information content (AvgIpc) is 2.76. The molecular formula is C15H18ClNOS. The van der Waals surface area contributed by atoms with Gasteiger partial charge in [-0.2, -0.15) is 0 Å². The third kappa shape index (κ3) is 2.95. The minimum Gasteiger partial charge on any atom is -0.393 e. The van der Waals surface area contributed by atoms with Crippen molar-refractivity contribution in [1.82, 2.24) is 5.32 Å². The number of thiophene rings is 1. The minimum absolute atomic E-state index is 0.0917. The minimum atomic E-state index is -0.0917. The highest BCUT2D eigenvalue weighted by atomic mass is 35.5. The van der Waals surface area contributed by atoms with Crippen molar-refractivity contribution < 1.29 is 5.11 Å².